The lowest BCUT2D eigenvalue weighted by molar-refractivity contribution is -0.121. The maximum absolute atomic E-state index is 11.5. The quantitative estimate of drug-likeness (QED) is 0.779. The van der Waals surface area contributed by atoms with E-state index in [4.69, 9.17) is 27.9 Å². The molecule has 0 aliphatic rings. The third kappa shape index (κ3) is 5.20. The number of rotatable bonds is 7. The Labute approximate surface area is 131 Å². The van der Waals surface area contributed by atoms with Gasteiger partial charge in [0.1, 0.15) is 18.6 Å². The third-order valence-corrected chi connectivity index (χ3v) is 3.02. The predicted octanol–water partition coefficient (Wildman–Crippen LogP) is 1.57. The van der Waals surface area contributed by atoms with Crippen molar-refractivity contribution in [3.63, 3.8) is 0 Å². The van der Waals surface area contributed by atoms with E-state index in [2.05, 4.69) is 20.8 Å². The second-order valence-electron chi connectivity index (χ2n) is 4.13. The van der Waals surface area contributed by atoms with Gasteiger partial charge in [0.2, 0.25) is 5.91 Å². The number of nitrogens with one attached hydrogen (secondary N) is 1. The summed E-state index contributed by atoms with van der Waals surface area (Å²) in [6.07, 6.45) is 2.03. The number of benzene rings is 1. The van der Waals surface area contributed by atoms with Crippen LogP contribution in [0.5, 0.6) is 5.75 Å². The maximum Gasteiger partial charge on any atom is 0.241 e. The number of tetrazole rings is 1. The minimum atomic E-state index is -0.160. The fraction of sp³-hybridized carbons (Fsp3) is 0.333. The number of amides is 1. The van der Waals surface area contributed by atoms with Crippen LogP contribution in [0.1, 0.15) is 6.42 Å². The number of hydrogen-bond donors (Lipinski definition) is 1. The van der Waals surface area contributed by atoms with Gasteiger partial charge in [-0.2, -0.15) is 0 Å². The van der Waals surface area contributed by atoms with Gasteiger partial charge in [-0.25, -0.2) is 4.68 Å². The Morgan fingerprint density at radius 2 is 2.24 bits per heavy atom. The van der Waals surface area contributed by atoms with Gasteiger partial charge in [-0.3, -0.25) is 4.79 Å². The number of ether oxygens (including phenoxy) is 1. The van der Waals surface area contributed by atoms with Crippen LogP contribution in [0.4, 0.5) is 0 Å². The Morgan fingerprint density at radius 1 is 1.38 bits per heavy atom. The van der Waals surface area contributed by atoms with Crippen molar-refractivity contribution in [2.45, 2.75) is 13.0 Å². The second-order valence-corrected chi connectivity index (χ2v) is 4.98. The molecule has 0 atom stereocenters. The SMILES string of the molecule is O=C(Cn1cnnn1)NCCCOc1ccc(Cl)cc1Cl. The first-order chi connectivity index (χ1) is 10.1. The Kier molecular flexibility index (Phi) is 5.77. The standard InChI is InChI=1S/C12H13Cl2N5O2/c13-9-2-3-11(10(14)6-9)21-5-1-4-15-12(20)7-19-8-16-17-18-19/h2-3,6,8H,1,4-5,7H2,(H,15,20). The summed E-state index contributed by atoms with van der Waals surface area (Å²) in [5, 5.41) is 14.3. The van der Waals surface area contributed by atoms with Crippen molar-refractivity contribution in [1.29, 1.82) is 0 Å². The monoisotopic (exact) mass is 329 g/mol. The summed E-state index contributed by atoms with van der Waals surface area (Å²) in [5.41, 5.74) is 0. The molecule has 2 rings (SSSR count). The molecule has 1 amide bonds. The van der Waals surface area contributed by atoms with Crippen LogP contribution in [0.2, 0.25) is 10.0 Å². The summed E-state index contributed by atoms with van der Waals surface area (Å²) in [4.78, 5) is 11.5. The molecule has 0 saturated carbocycles. The largest absolute Gasteiger partial charge is 0.492 e. The first-order valence-electron chi connectivity index (χ1n) is 6.20. The smallest absolute Gasteiger partial charge is 0.241 e. The topological polar surface area (TPSA) is 81.9 Å². The first kappa shape index (κ1) is 15.5. The zero-order chi connectivity index (χ0) is 15.1. The number of hydrogen-bond acceptors (Lipinski definition) is 5. The Bertz CT molecular complexity index is 591. The molecular formula is C12H13Cl2N5O2. The van der Waals surface area contributed by atoms with Gasteiger partial charge in [0.25, 0.3) is 0 Å². The van der Waals surface area contributed by atoms with Crippen molar-refractivity contribution in [3.05, 3.63) is 34.6 Å². The highest BCUT2D eigenvalue weighted by Crippen LogP contribution is 2.27. The van der Waals surface area contributed by atoms with Crippen molar-refractivity contribution in [3.8, 4) is 5.75 Å². The minimum absolute atomic E-state index is 0.0941. The van der Waals surface area contributed by atoms with Gasteiger partial charge < -0.3 is 10.1 Å². The van der Waals surface area contributed by atoms with E-state index < -0.39 is 0 Å². The third-order valence-electron chi connectivity index (χ3n) is 2.49. The van der Waals surface area contributed by atoms with Crippen molar-refractivity contribution < 1.29 is 9.53 Å². The summed E-state index contributed by atoms with van der Waals surface area (Å²) in [6, 6.07) is 5.03. The molecule has 1 aromatic heterocycles. The highest BCUT2D eigenvalue weighted by molar-refractivity contribution is 6.35. The van der Waals surface area contributed by atoms with Gasteiger partial charge in [0.05, 0.1) is 11.6 Å². The van der Waals surface area contributed by atoms with Crippen LogP contribution >= 0.6 is 23.2 Å². The normalized spacial score (nSPS) is 10.4. The molecule has 21 heavy (non-hydrogen) atoms. The zero-order valence-corrected chi connectivity index (χ0v) is 12.5. The van der Waals surface area contributed by atoms with Crippen LogP contribution in [-0.2, 0) is 11.3 Å². The molecule has 0 radical (unpaired) electrons. The van der Waals surface area contributed by atoms with Crippen molar-refractivity contribution in [2.75, 3.05) is 13.2 Å². The maximum atomic E-state index is 11.5. The van der Waals surface area contributed by atoms with E-state index in [9.17, 15) is 4.79 Å². The van der Waals surface area contributed by atoms with E-state index in [1.165, 1.54) is 11.0 Å². The van der Waals surface area contributed by atoms with Crippen LogP contribution in [0.15, 0.2) is 24.5 Å². The molecule has 0 aliphatic carbocycles. The molecule has 0 unspecified atom stereocenters. The van der Waals surface area contributed by atoms with E-state index in [0.29, 0.717) is 35.4 Å². The molecule has 7 nitrogen and oxygen atoms in total. The van der Waals surface area contributed by atoms with Crippen LogP contribution < -0.4 is 10.1 Å². The summed E-state index contributed by atoms with van der Waals surface area (Å²) < 4.78 is 6.85. The number of halogens is 2. The fourth-order valence-corrected chi connectivity index (χ4v) is 1.99. The molecule has 1 N–H and O–H groups in total. The summed E-state index contributed by atoms with van der Waals surface area (Å²) >= 11 is 11.8. The van der Waals surface area contributed by atoms with Crippen LogP contribution in [-0.4, -0.2) is 39.3 Å². The van der Waals surface area contributed by atoms with Gasteiger partial charge in [-0.15, -0.1) is 5.10 Å². The lowest BCUT2D eigenvalue weighted by Crippen LogP contribution is -2.29. The van der Waals surface area contributed by atoms with Gasteiger partial charge in [-0.05, 0) is 35.0 Å². The molecule has 9 heteroatoms. The second kappa shape index (κ2) is 7.80. The van der Waals surface area contributed by atoms with Gasteiger partial charge >= 0.3 is 0 Å². The molecule has 0 spiro atoms. The molecular weight excluding hydrogens is 317 g/mol. The van der Waals surface area contributed by atoms with Gasteiger partial charge in [0.15, 0.2) is 0 Å². The average Bonchev–Trinajstić information content (AvgIpc) is 2.93. The number of carbonyl (C=O) groups excluding carboxylic acids is 1. The summed E-state index contributed by atoms with van der Waals surface area (Å²) in [5.74, 6) is 0.410. The molecule has 0 bridgehead atoms. The highest BCUT2D eigenvalue weighted by Gasteiger charge is 2.04. The fourth-order valence-electron chi connectivity index (χ4n) is 1.53. The number of aromatic nitrogens is 4. The Morgan fingerprint density at radius 3 is 2.95 bits per heavy atom. The molecule has 1 heterocycles. The lowest BCUT2D eigenvalue weighted by atomic mass is 10.3. The molecule has 0 aliphatic heterocycles. The highest BCUT2D eigenvalue weighted by atomic mass is 35.5. The van der Waals surface area contributed by atoms with Crippen LogP contribution in [0.3, 0.4) is 0 Å². The van der Waals surface area contributed by atoms with Crippen LogP contribution in [0, 0.1) is 0 Å². The van der Waals surface area contributed by atoms with Crippen molar-refractivity contribution in [2.24, 2.45) is 0 Å². The molecule has 2 aromatic rings. The Hall–Kier alpha value is -1.86. The van der Waals surface area contributed by atoms with E-state index in [1.54, 1.807) is 18.2 Å². The van der Waals surface area contributed by atoms with Crippen molar-refractivity contribution in [1.82, 2.24) is 25.5 Å². The van der Waals surface area contributed by atoms with Gasteiger partial charge in [-0.1, -0.05) is 23.2 Å². The van der Waals surface area contributed by atoms with Crippen LogP contribution in [0.25, 0.3) is 0 Å². The molecule has 112 valence electrons. The first-order valence-corrected chi connectivity index (χ1v) is 6.96. The van der Waals surface area contributed by atoms with E-state index >= 15 is 0 Å². The van der Waals surface area contributed by atoms with E-state index in [-0.39, 0.29) is 12.5 Å². The minimum Gasteiger partial charge on any atom is -0.492 e. The molecule has 0 fully saturated rings. The molecule has 0 saturated heterocycles. The molecule has 1 aromatic carbocycles. The Balaban J connectivity index is 1.62. The van der Waals surface area contributed by atoms with E-state index in [1.807, 2.05) is 0 Å². The van der Waals surface area contributed by atoms with Crippen molar-refractivity contribution >= 4 is 29.1 Å². The number of carbonyl (C=O) groups is 1. The number of nitrogens with zero attached hydrogens (tertiary/aromatic N) is 4. The van der Waals surface area contributed by atoms with E-state index in [0.717, 1.165) is 0 Å². The summed E-state index contributed by atoms with van der Waals surface area (Å²) in [7, 11) is 0. The van der Waals surface area contributed by atoms with Gasteiger partial charge in [0, 0.05) is 11.6 Å². The zero-order valence-electron chi connectivity index (χ0n) is 11.0. The lowest BCUT2D eigenvalue weighted by Gasteiger charge is -2.09. The average molecular weight is 330 g/mol. The summed E-state index contributed by atoms with van der Waals surface area (Å²) in [6.45, 7) is 1.02. The predicted molar refractivity (Wildman–Crippen MR) is 77.4 cm³/mol.